The van der Waals surface area contributed by atoms with Gasteiger partial charge in [-0.2, -0.15) is 0 Å². The third kappa shape index (κ3) is 2.55. The molecule has 0 saturated heterocycles. The normalized spacial score (nSPS) is 12.9. The first kappa shape index (κ1) is 9.64. The molecular formula is C8H11BrN2O. The van der Waals surface area contributed by atoms with Gasteiger partial charge in [0.2, 0.25) is 0 Å². The second-order valence-corrected chi connectivity index (χ2v) is 3.39. The van der Waals surface area contributed by atoms with Crippen LogP contribution in [0.25, 0.3) is 0 Å². The minimum atomic E-state index is -0.525. The molecule has 0 aliphatic rings. The van der Waals surface area contributed by atoms with Crippen LogP contribution in [0.15, 0.2) is 22.8 Å². The number of hydrogen-bond donors (Lipinski definition) is 2. The summed E-state index contributed by atoms with van der Waals surface area (Å²) in [5.41, 5.74) is 0.688. The van der Waals surface area contributed by atoms with E-state index < -0.39 is 6.10 Å². The predicted molar refractivity (Wildman–Crippen MR) is 50.8 cm³/mol. The summed E-state index contributed by atoms with van der Waals surface area (Å²) in [4.78, 5) is 4.06. The second kappa shape index (κ2) is 4.54. The summed E-state index contributed by atoms with van der Waals surface area (Å²) in [7, 11) is 1.79. The van der Waals surface area contributed by atoms with E-state index in [1.54, 1.807) is 19.3 Å². The van der Waals surface area contributed by atoms with Gasteiger partial charge in [-0.1, -0.05) is 0 Å². The van der Waals surface area contributed by atoms with Gasteiger partial charge in [-0.3, -0.25) is 4.98 Å². The zero-order valence-electron chi connectivity index (χ0n) is 6.79. The lowest BCUT2D eigenvalue weighted by Gasteiger charge is -2.08. The zero-order valence-corrected chi connectivity index (χ0v) is 8.37. The van der Waals surface area contributed by atoms with Gasteiger partial charge in [0, 0.05) is 17.2 Å². The molecule has 0 aliphatic heterocycles. The Hall–Kier alpha value is -0.450. The third-order valence-corrected chi connectivity index (χ3v) is 1.96. The molecular weight excluding hydrogens is 220 g/mol. The molecule has 1 rings (SSSR count). The Morgan fingerprint density at radius 1 is 1.67 bits per heavy atom. The van der Waals surface area contributed by atoms with E-state index in [2.05, 4.69) is 26.2 Å². The standard InChI is InChI=1S/C8H11BrN2O/c1-10-5-8(12)7-3-2-6(9)4-11-7/h2-4,8,10,12H,5H2,1H3/t8-/m0/s1. The van der Waals surface area contributed by atoms with Crippen molar-refractivity contribution in [2.45, 2.75) is 6.10 Å². The number of aliphatic hydroxyl groups is 1. The van der Waals surface area contributed by atoms with Gasteiger partial charge in [0.1, 0.15) is 6.10 Å². The van der Waals surface area contributed by atoms with E-state index in [4.69, 9.17) is 0 Å². The maximum atomic E-state index is 9.47. The molecule has 0 aliphatic carbocycles. The molecule has 1 aromatic heterocycles. The highest BCUT2D eigenvalue weighted by Gasteiger charge is 2.06. The van der Waals surface area contributed by atoms with Crippen molar-refractivity contribution in [1.29, 1.82) is 0 Å². The summed E-state index contributed by atoms with van der Waals surface area (Å²) in [6.45, 7) is 0.522. The van der Waals surface area contributed by atoms with E-state index >= 15 is 0 Å². The average molecular weight is 231 g/mol. The minimum absolute atomic E-state index is 0.522. The van der Waals surface area contributed by atoms with Gasteiger partial charge in [0.25, 0.3) is 0 Å². The van der Waals surface area contributed by atoms with Crippen LogP contribution in [-0.4, -0.2) is 23.7 Å². The fourth-order valence-corrected chi connectivity index (χ4v) is 1.12. The summed E-state index contributed by atoms with van der Waals surface area (Å²) >= 11 is 3.27. The Morgan fingerprint density at radius 3 is 2.92 bits per heavy atom. The van der Waals surface area contributed by atoms with Crippen molar-refractivity contribution in [3.8, 4) is 0 Å². The van der Waals surface area contributed by atoms with Crippen molar-refractivity contribution in [2.24, 2.45) is 0 Å². The van der Waals surface area contributed by atoms with E-state index in [-0.39, 0.29) is 0 Å². The first-order valence-electron chi connectivity index (χ1n) is 3.68. The number of rotatable bonds is 3. The van der Waals surface area contributed by atoms with Gasteiger partial charge in [-0.15, -0.1) is 0 Å². The number of aliphatic hydroxyl groups excluding tert-OH is 1. The fraction of sp³-hybridized carbons (Fsp3) is 0.375. The number of likely N-dealkylation sites (N-methyl/N-ethyl adjacent to an activating group) is 1. The fourth-order valence-electron chi connectivity index (χ4n) is 0.882. The first-order valence-corrected chi connectivity index (χ1v) is 4.47. The maximum absolute atomic E-state index is 9.47. The largest absolute Gasteiger partial charge is 0.385 e. The number of nitrogens with zero attached hydrogens (tertiary/aromatic N) is 1. The highest BCUT2D eigenvalue weighted by atomic mass is 79.9. The Labute approximate surface area is 80.0 Å². The Balaban J connectivity index is 2.68. The van der Waals surface area contributed by atoms with E-state index in [1.807, 2.05) is 6.07 Å². The van der Waals surface area contributed by atoms with Gasteiger partial charge in [-0.05, 0) is 35.1 Å². The van der Waals surface area contributed by atoms with E-state index in [9.17, 15) is 5.11 Å². The maximum Gasteiger partial charge on any atom is 0.108 e. The van der Waals surface area contributed by atoms with Crippen molar-refractivity contribution < 1.29 is 5.11 Å². The molecule has 0 bridgehead atoms. The molecule has 3 nitrogen and oxygen atoms in total. The summed E-state index contributed by atoms with van der Waals surface area (Å²) in [5, 5.41) is 12.3. The quantitative estimate of drug-likeness (QED) is 0.818. The van der Waals surface area contributed by atoms with Crippen LogP contribution in [0.2, 0.25) is 0 Å². The van der Waals surface area contributed by atoms with Crippen LogP contribution in [0.1, 0.15) is 11.8 Å². The molecule has 4 heteroatoms. The van der Waals surface area contributed by atoms with Crippen molar-refractivity contribution >= 4 is 15.9 Å². The summed E-state index contributed by atoms with van der Waals surface area (Å²) in [5.74, 6) is 0. The summed E-state index contributed by atoms with van der Waals surface area (Å²) in [6.07, 6.45) is 1.15. The van der Waals surface area contributed by atoms with Crippen LogP contribution < -0.4 is 5.32 Å². The highest BCUT2D eigenvalue weighted by molar-refractivity contribution is 9.10. The van der Waals surface area contributed by atoms with Crippen LogP contribution in [0.5, 0.6) is 0 Å². The number of pyridine rings is 1. The molecule has 1 aromatic rings. The van der Waals surface area contributed by atoms with Crippen LogP contribution in [-0.2, 0) is 0 Å². The van der Waals surface area contributed by atoms with Crippen LogP contribution in [0.3, 0.4) is 0 Å². The molecule has 0 fully saturated rings. The summed E-state index contributed by atoms with van der Waals surface area (Å²) < 4.78 is 0.919. The lowest BCUT2D eigenvalue weighted by atomic mass is 10.2. The number of aromatic nitrogens is 1. The predicted octanol–water partition coefficient (Wildman–Crippen LogP) is 1.10. The first-order chi connectivity index (χ1) is 5.74. The van der Waals surface area contributed by atoms with Crippen molar-refractivity contribution in [3.63, 3.8) is 0 Å². The SMILES string of the molecule is CNC[C@H](O)c1ccc(Br)cn1. The van der Waals surface area contributed by atoms with Gasteiger partial charge in [0.05, 0.1) is 5.69 Å². The topological polar surface area (TPSA) is 45.1 Å². The number of hydrogen-bond acceptors (Lipinski definition) is 3. The number of nitrogens with one attached hydrogen (secondary N) is 1. The average Bonchev–Trinajstić information content (AvgIpc) is 2.06. The molecule has 1 heterocycles. The molecule has 1 atom stereocenters. The van der Waals surface area contributed by atoms with E-state index in [0.29, 0.717) is 12.2 Å². The minimum Gasteiger partial charge on any atom is -0.385 e. The monoisotopic (exact) mass is 230 g/mol. The molecule has 0 aromatic carbocycles. The van der Waals surface area contributed by atoms with Crippen molar-refractivity contribution in [1.82, 2.24) is 10.3 Å². The van der Waals surface area contributed by atoms with Crippen LogP contribution >= 0.6 is 15.9 Å². The van der Waals surface area contributed by atoms with E-state index in [1.165, 1.54) is 0 Å². The Morgan fingerprint density at radius 2 is 2.42 bits per heavy atom. The van der Waals surface area contributed by atoms with Gasteiger partial charge in [0.15, 0.2) is 0 Å². The molecule has 0 saturated carbocycles. The molecule has 2 N–H and O–H groups in total. The van der Waals surface area contributed by atoms with Gasteiger partial charge >= 0.3 is 0 Å². The Bertz CT molecular complexity index is 237. The van der Waals surface area contributed by atoms with Gasteiger partial charge < -0.3 is 10.4 Å². The van der Waals surface area contributed by atoms with Crippen LogP contribution in [0, 0.1) is 0 Å². The third-order valence-electron chi connectivity index (χ3n) is 1.49. The molecule has 66 valence electrons. The molecule has 12 heavy (non-hydrogen) atoms. The molecule has 0 unspecified atom stereocenters. The number of halogens is 1. The smallest absolute Gasteiger partial charge is 0.108 e. The van der Waals surface area contributed by atoms with Crippen LogP contribution in [0.4, 0.5) is 0 Å². The Kier molecular flexibility index (Phi) is 3.65. The highest BCUT2D eigenvalue weighted by Crippen LogP contribution is 2.12. The van der Waals surface area contributed by atoms with Gasteiger partial charge in [-0.25, -0.2) is 0 Å². The lowest BCUT2D eigenvalue weighted by Crippen LogP contribution is -2.17. The molecule has 0 radical (unpaired) electrons. The van der Waals surface area contributed by atoms with E-state index in [0.717, 1.165) is 4.47 Å². The molecule has 0 amide bonds. The lowest BCUT2D eigenvalue weighted by molar-refractivity contribution is 0.173. The molecule has 0 spiro atoms. The zero-order chi connectivity index (χ0) is 8.97. The summed E-state index contributed by atoms with van der Waals surface area (Å²) in [6, 6.07) is 3.66. The van der Waals surface area contributed by atoms with Crippen molar-refractivity contribution in [2.75, 3.05) is 13.6 Å². The van der Waals surface area contributed by atoms with Crippen molar-refractivity contribution in [3.05, 3.63) is 28.5 Å². The second-order valence-electron chi connectivity index (χ2n) is 2.47.